The molecule has 0 aliphatic carbocycles. The van der Waals surface area contributed by atoms with Crippen LogP contribution in [0.15, 0.2) is 30.3 Å². The number of ketones is 1. The van der Waals surface area contributed by atoms with Crippen LogP contribution in [-0.2, 0) is 4.74 Å². The van der Waals surface area contributed by atoms with E-state index in [2.05, 4.69) is 0 Å². The highest BCUT2D eigenvalue weighted by Gasteiger charge is 2.31. The van der Waals surface area contributed by atoms with Crippen LogP contribution in [0.5, 0.6) is 17.2 Å². The first-order valence-corrected chi connectivity index (χ1v) is 11.0. The predicted molar refractivity (Wildman–Crippen MR) is 117 cm³/mol. The van der Waals surface area contributed by atoms with Gasteiger partial charge in [0.1, 0.15) is 24.2 Å². The second kappa shape index (κ2) is 11.5. The first kappa shape index (κ1) is 27.2. The molecule has 1 saturated heterocycles. The lowest BCUT2D eigenvalue weighted by Gasteiger charge is -2.33. The molecular weight excluding hydrogens is 493 g/mol. The van der Waals surface area contributed by atoms with E-state index in [-0.39, 0.29) is 55.4 Å². The normalized spacial score (nSPS) is 16.0. The molecule has 1 unspecified atom stereocenters. The van der Waals surface area contributed by atoms with Crippen LogP contribution < -0.4 is 14.2 Å². The molecule has 1 heterocycles. The molecule has 7 nitrogen and oxygen atoms in total. The van der Waals surface area contributed by atoms with Gasteiger partial charge in [-0.1, -0.05) is 6.92 Å². The van der Waals surface area contributed by atoms with E-state index >= 15 is 0 Å². The van der Waals surface area contributed by atoms with E-state index in [1.165, 1.54) is 30.2 Å². The molecule has 36 heavy (non-hydrogen) atoms. The molecule has 0 spiro atoms. The summed E-state index contributed by atoms with van der Waals surface area (Å²) in [4.78, 5) is 26.1. The third kappa shape index (κ3) is 6.84. The summed E-state index contributed by atoms with van der Waals surface area (Å²) in [5.74, 6) is -3.91. The maximum absolute atomic E-state index is 14.3. The van der Waals surface area contributed by atoms with Crippen LogP contribution in [0.2, 0.25) is 0 Å². The number of carbonyl (C=O) groups is 2. The van der Waals surface area contributed by atoms with E-state index in [4.69, 9.17) is 18.9 Å². The van der Waals surface area contributed by atoms with Crippen LogP contribution in [0, 0.1) is 11.6 Å². The molecule has 1 fully saturated rings. The van der Waals surface area contributed by atoms with Crippen LogP contribution in [0.25, 0.3) is 0 Å². The van der Waals surface area contributed by atoms with Crippen molar-refractivity contribution < 1.29 is 50.5 Å². The Morgan fingerprint density at radius 3 is 2.42 bits per heavy atom. The van der Waals surface area contributed by atoms with E-state index in [1.807, 2.05) is 0 Å². The van der Waals surface area contributed by atoms with Gasteiger partial charge in [-0.05, 0) is 30.3 Å². The van der Waals surface area contributed by atoms with E-state index < -0.39 is 48.0 Å². The van der Waals surface area contributed by atoms with Crippen molar-refractivity contribution in [1.29, 1.82) is 0 Å². The first-order valence-electron chi connectivity index (χ1n) is 11.0. The van der Waals surface area contributed by atoms with Crippen LogP contribution in [0.4, 0.5) is 22.0 Å². The van der Waals surface area contributed by atoms with Gasteiger partial charge in [0.25, 0.3) is 5.91 Å². The van der Waals surface area contributed by atoms with Gasteiger partial charge in [0, 0.05) is 18.5 Å². The Bertz CT molecular complexity index is 1080. The van der Waals surface area contributed by atoms with Gasteiger partial charge in [-0.15, -0.1) is 0 Å². The molecule has 2 aromatic rings. The zero-order chi connectivity index (χ0) is 26.5. The summed E-state index contributed by atoms with van der Waals surface area (Å²) < 4.78 is 87.2. The average Bonchev–Trinajstić information content (AvgIpc) is 2.85. The van der Waals surface area contributed by atoms with Gasteiger partial charge in [-0.25, -0.2) is 8.78 Å². The fourth-order valence-electron chi connectivity index (χ4n) is 3.50. The summed E-state index contributed by atoms with van der Waals surface area (Å²) in [7, 11) is 1.34. The largest absolute Gasteiger partial charge is 0.497 e. The predicted octanol–water partition coefficient (Wildman–Crippen LogP) is 4.43. The van der Waals surface area contributed by atoms with E-state index in [0.717, 1.165) is 12.1 Å². The highest BCUT2D eigenvalue weighted by molar-refractivity contribution is 5.97. The number of nitrogens with zero attached hydrogens (tertiary/aromatic N) is 1. The SMILES string of the molecule is CCC(=O)c1cc(F)c(OCC2CN(C(=O)c3cc(OC)ccc3OCC(F)(F)F)CCO2)c(F)c1. The van der Waals surface area contributed by atoms with Gasteiger partial charge < -0.3 is 23.8 Å². The number of carbonyl (C=O) groups excluding carboxylic acids is 2. The fourth-order valence-corrected chi connectivity index (χ4v) is 3.50. The van der Waals surface area contributed by atoms with Crippen LogP contribution in [0.3, 0.4) is 0 Å². The van der Waals surface area contributed by atoms with Crippen molar-refractivity contribution in [3.8, 4) is 17.2 Å². The zero-order valence-corrected chi connectivity index (χ0v) is 19.5. The van der Waals surface area contributed by atoms with Gasteiger partial charge in [-0.3, -0.25) is 9.59 Å². The average molecular weight is 517 g/mol. The van der Waals surface area contributed by atoms with Gasteiger partial charge >= 0.3 is 6.18 Å². The molecule has 12 heteroatoms. The molecule has 1 aliphatic rings. The molecule has 196 valence electrons. The number of benzene rings is 2. The monoisotopic (exact) mass is 517 g/mol. The van der Waals surface area contributed by atoms with Crippen molar-refractivity contribution in [2.24, 2.45) is 0 Å². The maximum Gasteiger partial charge on any atom is 0.422 e. The topological polar surface area (TPSA) is 74.3 Å². The number of alkyl halides is 3. The Hall–Kier alpha value is -3.41. The van der Waals surface area contributed by atoms with Gasteiger partial charge in [0.2, 0.25) is 0 Å². The van der Waals surface area contributed by atoms with Crippen LogP contribution >= 0.6 is 0 Å². The van der Waals surface area contributed by atoms with Crippen molar-refractivity contribution in [3.05, 3.63) is 53.1 Å². The third-order valence-corrected chi connectivity index (χ3v) is 5.29. The number of hydrogen-bond donors (Lipinski definition) is 0. The number of halogens is 5. The lowest BCUT2D eigenvalue weighted by Crippen LogP contribution is -2.47. The standard InChI is InChI=1S/C24H24F5NO6/c1-3-20(31)14-8-18(25)22(19(26)9-14)35-12-16-11-30(6-7-34-16)23(32)17-10-15(33-2)4-5-21(17)36-13-24(27,28)29/h4-5,8-10,16H,3,6-7,11-13H2,1-2H3. The summed E-state index contributed by atoms with van der Waals surface area (Å²) in [6.45, 7) is -0.246. The Morgan fingerprint density at radius 2 is 1.81 bits per heavy atom. The van der Waals surface area contributed by atoms with Crippen molar-refractivity contribution >= 4 is 11.7 Å². The maximum atomic E-state index is 14.3. The minimum atomic E-state index is -4.60. The zero-order valence-electron chi connectivity index (χ0n) is 19.5. The number of amides is 1. The quantitative estimate of drug-likeness (QED) is 0.362. The third-order valence-electron chi connectivity index (χ3n) is 5.29. The second-order valence-corrected chi connectivity index (χ2v) is 7.87. The summed E-state index contributed by atoms with van der Waals surface area (Å²) >= 11 is 0. The van der Waals surface area contributed by atoms with Gasteiger partial charge in [0.05, 0.1) is 25.8 Å². The second-order valence-electron chi connectivity index (χ2n) is 7.87. The lowest BCUT2D eigenvalue weighted by molar-refractivity contribution is -0.153. The Labute approximate surface area is 203 Å². The molecule has 0 aromatic heterocycles. The highest BCUT2D eigenvalue weighted by atomic mass is 19.4. The van der Waals surface area contributed by atoms with E-state index in [9.17, 15) is 31.5 Å². The molecule has 0 N–H and O–H groups in total. The van der Waals surface area contributed by atoms with Crippen molar-refractivity contribution in [2.75, 3.05) is 40.0 Å². The van der Waals surface area contributed by atoms with E-state index in [1.54, 1.807) is 6.92 Å². The van der Waals surface area contributed by atoms with E-state index in [0.29, 0.717) is 0 Å². The van der Waals surface area contributed by atoms with Crippen molar-refractivity contribution in [1.82, 2.24) is 4.90 Å². The van der Waals surface area contributed by atoms with Crippen molar-refractivity contribution in [2.45, 2.75) is 25.6 Å². The molecule has 0 saturated carbocycles. The minimum absolute atomic E-state index is 0.0530. The fraction of sp³-hybridized carbons (Fsp3) is 0.417. The number of ether oxygens (including phenoxy) is 4. The molecule has 0 radical (unpaired) electrons. The summed E-state index contributed by atoms with van der Waals surface area (Å²) in [5.41, 5.74) is -0.263. The number of hydrogen-bond acceptors (Lipinski definition) is 6. The summed E-state index contributed by atoms with van der Waals surface area (Å²) in [6.07, 6.45) is -5.31. The molecular formula is C24H24F5NO6. The van der Waals surface area contributed by atoms with Gasteiger partial charge in [0.15, 0.2) is 29.8 Å². The molecule has 1 aliphatic heterocycles. The smallest absolute Gasteiger partial charge is 0.422 e. The lowest BCUT2D eigenvalue weighted by atomic mass is 10.1. The number of Topliss-reactive ketones (excluding diaryl/α,β-unsaturated/α-hetero) is 1. The summed E-state index contributed by atoms with van der Waals surface area (Å²) in [6, 6.07) is 5.59. The Morgan fingerprint density at radius 1 is 1.11 bits per heavy atom. The van der Waals surface area contributed by atoms with Crippen LogP contribution in [-0.4, -0.2) is 68.9 Å². The minimum Gasteiger partial charge on any atom is -0.497 e. The van der Waals surface area contributed by atoms with Crippen molar-refractivity contribution in [3.63, 3.8) is 0 Å². The molecule has 2 aromatic carbocycles. The first-order chi connectivity index (χ1) is 17.0. The van der Waals surface area contributed by atoms with Crippen LogP contribution in [0.1, 0.15) is 34.1 Å². The molecule has 0 bridgehead atoms. The number of methoxy groups -OCH3 is 1. The Balaban J connectivity index is 1.71. The number of morpholine rings is 1. The molecule has 1 amide bonds. The molecule has 1 atom stereocenters. The molecule has 3 rings (SSSR count). The number of rotatable bonds is 9. The Kier molecular flexibility index (Phi) is 8.72. The summed E-state index contributed by atoms with van der Waals surface area (Å²) in [5, 5.41) is 0. The highest BCUT2D eigenvalue weighted by Crippen LogP contribution is 2.29. The van der Waals surface area contributed by atoms with Gasteiger partial charge in [-0.2, -0.15) is 13.2 Å².